The SMILES string of the molecule is Cn1cc(-c2cccc(CNc3nc(Nc4nccn4C)ncc3F)c2)cn1. The molecule has 0 atom stereocenters. The van der Waals surface area contributed by atoms with Gasteiger partial charge in [-0.15, -0.1) is 0 Å². The molecule has 0 saturated heterocycles. The van der Waals surface area contributed by atoms with Crippen molar-refractivity contribution in [2.45, 2.75) is 6.54 Å². The van der Waals surface area contributed by atoms with Gasteiger partial charge in [0.2, 0.25) is 11.9 Å². The van der Waals surface area contributed by atoms with Gasteiger partial charge in [-0.05, 0) is 17.2 Å². The van der Waals surface area contributed by atoms with Crippen molar-refractivity contribution in [2.75, 3.05) is 10.6 Å². The molecule has 1 aromatic carbocycles. The minimum Gasteiger partial charge on any atom is -0.363 e. The molecule has 0 aliphatic rings. The lowest BCUT2D eigenvalue weighted by Gasteiger charge is -2.10. The van der Waals surface area contributed by atoms with Crippen molar-refractivity contribution in [3.63, 3.8) is 0 Å². The zero-order valence-corrected chi connectivity index (χ0v) is 15.5. The van der Waals surface area contributed by atoms with Crippen LogP contribution in [0.5, 0.6) is 0 Å². The average Bonchev–Trinajstić information content (AvgIpc) is 3.31. The molecule has 9 heteroatoms. The highest BCUT2D eigenvalue weighted by molar-refractivity contribution is 5.62. The molecular formula is C19H19FN8. The molecule has 0 radical (unpaired) electrons. The van der Waals surface area contributed by atoms with Crippen LogP contribution in [0.25, 0.3) is 11.1 Å². The van der Waals surface area contributed by atoms with Crippen LogP contribution in [0.3, 0.4) is 0 Å². The first-order valence-corrected chi connectivity index (χ1v) is 8.67. The van der Waals surface area contributed by atoms with E-state index in [-0.39, 0.29) is 11.8 Å². The number of nitrogens with one attached hydrogen (secondary N) is 2. The molecule has 28 heavy (non-hydrogen) atoms. The third-order valence-electron chi connectivity index (χ3n) is 4.21. The zero-order valence-electron chi connectivity index (χ0n) is 15.5. The lowest BCUT2D eigenvalue weighted by Crippen LogP contribution is -2.08. The summed E-state index contributed by atoms with van der Waals surface area (Å²) in [6.45, 7) is 0.421. The van der Waals surface area contributed by atoms with E-state index in [1.165, 1.54) is 0 Å². The minimum atomic E-state index is -0.520. The van der Waals surface area contributed by atoms with E-state index in [9.17, 15) is 4.39 Å². The van der Waals surface area contributed by atoms with E-state index in [1.807, 2.05) is 50.8 Å². The molecule has 4 aromatic rings. The van der Waals surface area contributed by atoms with E-state index < -0.39 is 5.82 Å². The van der Waals surface area contributed by atoms with Gasteiger partial charge in [0.05, 0.1) is 12.4 Å². The van der Waals surface area contributed by atoms with Crippen molar-refractivity contribution in [3.05, 3.63) is 66.6 Å². The molecule has 3 aromatic heterocycles. The predicted molar refractivity (Wildman–Crippen MR) is 104 cm³/mol. The van der Waals surface area contributed by atoms with Gasteiger partial charge in [-0.2, -0.15) is 10.1 Å². The number of aromatic nitrogens is 6. The summed E-state index contributed by atoms with van der Waals surface area (Å²) in [6.07, 6.45) is 8.34. The van der Waals surface area contributed by atoms with Crippen molar-refractivity contribution in [1.82, 2.24) is 29.3 Å². The van der Waals surface area contributed by atoms with Crippen LogP contribution < -0.4 is 10.6 Å². The maximum atomic E-state index is 14.1. The molecule has 0 bridgehead atoms. The maximum Gasteiger partial charge on any atom is 0.231 e. The molecule has 4 rings (SSSR count). The van der Waals surface area contributed by atoms with E-state index in [0.717, 1.165) is 22.9 Å². The van der Waals surface area contributed by atoms with Gasteiger partial charge in [-0.25, -0.2) is 14.4 Å². The first-order chi connectivity index (χ1) is 13.6. The molecule has 0 fully saturated rings. The smallest absolute Gasteiger partial charge is 0.231 e. The third-order valence-corrected chi connectivity index (χ3v) is 4.21. The number of nitrogens with zero attached hydrogens (tertiary/aromatic N) is 6. The molecule has 0 amide bonds. The fourth-order valence-electron chi connectivity index (χ4n) is 2.75. The lowest BCUT2D eigenvalue weighted by atomic mass is 10.1. The topological polar surface area (TPSA) is 85.5 Å². The number of benzene rings is 1. The van der Waals surface area contributed by atoms with E-state index in [2.05, 4.69) is 30.7 Å². The standard InChI is InChI=1S/C19H19FN8/c1-27-7-6-21-19(27)26-18-23-11-16(20)17(25-18)22-9-13-4-3-5-14(8-13)15-10-24-28(2)12-15/h3-8,10-12H,9H2,1-2H3,(H2,21,22,23,25,26). The molecule has 0 aliphatic heterocycles. The summed E-state index contributed by atoms with van der Waals surface area (Å²) in [5.41, 5.74) is 3.07. The largest absolute Gasteiger partial charge is 0.363 e. The molecule has 0 spiro atoms. The molecular weight excluding hydrogens is 359 g/mol. The van der Waals surface area contributed by atoms with Crippen molar-refractivity contribution in [3.8, 4) is 11.1 Å². The van der Waals surface area contributed by atoms with Crippen molar-refractivity contribution < 1.29 is 4.39 Å². The van der Waals surface area contributed by atoms with Gasteiger partial charge in [0, 0.05) is 44.8 Å². The summed E-state index contributed by atoms with van der Waals surface area (Å²) in [5.74, 6) is 0.441. The highest BCUT2D eigenvalue weighted by atomic mass is 19.1. The summed E-state index contributed by atoms with van der Waals surface area (Å²) < 4.78 is 17.7. The van der Waals surface area contributed by atoms with Gasteiger partial charge in [0.25, 0.3) is 0 Å². The van der Waals surface area contributed by atoms with Gasteiger partial charge in [0.1, 0.15) is 0 Å². The highest BCUT2D eigenvalue weighted by Gasteiger charge is 2.09. The highest BCUT2D eigenvalue weighted by Crippen LogP contribution is 2.21. The Morgan fingerprint density at radius 3 is 2.75 bits per heavy atom. The van der Waals surface area contributed by atoms with Crippen molar-refractivity contribution >= 4 is 17.7 Å². The second-order valence-electron chi connectivity index (χ2n) is 6.33. The minimum absolute atomic E-state index is 0.124. The molecule has 3 heterocycles. The van der Waals surface area contributed by atoms with Crippen LogP contribution in [0.15, 0.2) is 55.2 Å². The van der Waals surface area contributed by atoms with Crippen molar-refractivity contribution in [2.24, 2.45) is 14.1 Å². The summed E-state index contributed by atoms with van der Waals surface area (Å²) in [4.78, 5) is 12.3. The Hall–Kier alpha value is -3.75. The van der Waals surface area contributed by atoms with Crippen LogP contribution in [-0.4, -0.2) is 29.3 Å². The Morgan fingerprint density at radius 2 is 2.00 bits per heavy atom. The Bertz CT molecular complexity index is 1100. The molecule has 0 aliphatic carbocycles. The van der Waals surface area contributed by atoms with Crippen LogP contribution in [0.2, 0.25) is 0 Å². The number of rotatable bonds is 6. The van der Waals surface area contributed by atoms with E-state index >= 15 is 0 Å². The van der Waals surface area contributed by atoms with Crippen LogP contribution in [0, 0.1) is 5.82 Å². The van der Waals surface area contributed by atoms with Gasteiger partial charge >= 0.3 is 0 Å². The van der Waals surface area contributed by atoms with E-state index in [1.54, 1.807) is 21.6 Å². The fourth-order valence-corrected chi connectivity index (χ4v) is 2.75. The van der Waals surface area contributed by atoms with Gasteiger partial charge in [-0.3, -0.25) is 10.00 Å². The predicted octanol–water partition coefficient (Wildman–Crippen LogP) is 3.11. The number of anilines is 3. The Balaban J connectivity index is 1.49. The van der Waals surface area contributed by atoms with Gasteiger partial charge in [0.15, 0.2) is 11.6 Å². The van der Waals surface area contributed by atoms with Gasteiger partial charge < -0.3 is 9.88 Å². The van der Waals surface area contributed by atoms with Crippen LogP contribution in [0.4, 0.5) is 22.1 Å². The van der Waals surface area contributed by atoms with Crippen LogP contribution in [0.1, 0.15) is 5.56 Å². The summed E-state index contributed by atoms with van der Waals surface area (Å²) in [7, 11) is 3.72. The number of hydrogen-bond donors (Lipinski definition) is 2. The monoisotopic (exact) mass is 378 g/mol. The maximum absolute atomic E-state index is 14.1. The van der Waals surface area contributed by atoms with Crippen molar-refractivity contribution in [1.29, 1.82) is 0 Å². The number of halogens is 1. The fraction of sp³-hybridized carbons (Fsp3) is 0.158. The Labute approximate surface area is 161 Å². The first-order valence-electron chi connectivity index (χ1n) is 8.67. The average molecular weight is 378 g/mol. The van der Waals surface area contributed by atoms with E-state index in [0.29, 0.717) is 12.5 Å². The Kier molecular flexibility index (Phi) is 4.71. The Morgan fingerprint density at radius 1 is 1.11 bits per heavy atom. The summed E-state index contributed by atoms with van der Waals surface area (Å²) >= 11 is 0. The third kappa shape index (κ3) is 3.83. The molecule has 8 nitrogen and oxygen atoms in total. The quantitative estimate of drug-likeness (QED) is 0.536. The number of imidazole rings is 1. The van der Waals surface area contributed by atoms with Gasteiger partial charge in [-0.1, -0.05) is 18.2 Å². The first kappa shape index (κ1) is 17.7. The van der Waals surface area contributed by atoms with Crippen LogP contribution >= 0.6 is 0 Å². The summed E-state index contributed by atoms with van der Waals surface area (Å²) in [6, 6.07) is 7.99. The summed E-state index contributed by atoms with van der Waals surface area (Å²) in [5, 5.41) is 10.2. The number of hydrogen-bond acceptors (Lipinski definition) is 6. The number of aryl methyl sites for hydroxylation is 2. The second-order valence-corrected chi connectivity index (χ2v) is 6.33. The molecule has 2 N–H and O–H groups in total. The molecule has 0 unspecified atom stereocenters. The molecule has 142 valence electrons. The second kappa shape index (κ2) is 7.47. The molecule has 0 saturated carbocycles. The van der Waals surface area contributed by atoms with E-state index in [4.69, 9.17) is 0 Å². The zero-order chi connectivity index (χ0) is 19.5. The lowest BCUT2D eigenvalue weighted by molar-refractivity contribution is 0.617. The normalized spacial score (nSPS) is 10.8. The van der Waals surface area contributed by atoms with Crippen LogP contribution in [-0.2, 0) is 20.6 Å².